The summed E-state index contributed by atoms with van der Waals surface area (Å²) in [6, 6.07) is -3.81. The van der Waals surface area contributed by atoms with Crippen LogP contribution in [-0.2, 0) is 94.3 Å². The number of aliphatic hydroxyl groups is 1. The van der Waals surface area contributed by atoms with Crippen molar-refractivity contribution in [3.8, 4) is 5.75 Å². The molecule has 2 aromatic carbocycles. The van der Waals surface area contributed by atoms with Gasteiger partial charge >= 0.3 is 0 Å². The van der Waals surface area contributed by atoms with Crippen molar-refractivity contribution in [2.75, 3.05) is 50.8 Å². The molecule has 0 saturated carbocycles. The molecule has 12 atom stereocenters. The van der Waals surface area contributed by atoms with Gasteiger partial charge in [-0.3, -0.25) is 81.5 Å². The molecule has 606 valence electrons. The van der Waals surface area contributed by atoms with Gasteiger partial charge in [0, 0.05) is 82.0 Å². The number of thioether (sulfide) groups is 1. The Labute approximate surface area is 638 Å². The summed E-state index contributed by atoms with van der Waals surface area (Å²) in [5, 5.41) is 44.2. The van der Waals surface area contributed by atoms with Crippen LogP contribution in [0.15, 0.2) is 54.7 Å². The standard InChI is InChI=1S/C69H105N21O19S/c1-36(91)57-67(107)85-49(30-40-33-78-43-12-6-5-11-42(40)43)64(104)82-45(18-20-53(73)94)60(100)87-52(35-110-28-22-47(80-38(3)93)61(101)81-46(62(102)89-57)19-21-54(74)95)65(105)83-48(29-39-14-16-41(17-15-39)109-27-25-71)63(103)86-51(32-72)66(106)90-69(4,23-8-9-24-70)68(108)88-44(13-7-10-26-77-37(2)92)59(99)84-50(31-55(75)96)58(98)79-34-56(76)97/h5-6,11-12,14-17,33,36,44-52,57,78,91H,7-10,13,18-32,34-35,70-72H2,1-4H3,(H2,73,94)(H2,74,95)(H2,75,96)(H2,76,97)(H,77,92)(H,79,98)(H,80,93)(H,81,101)(H,82,104)(H,83,105)(H,84,99)(H,85,107)(H,86,103)(H,87,100)(H,88,108)(H,89,102)(H,90,106)/t36-,44+,45+,46+,47+,48+,49+,50+,51+,52+,57+,69+/m1/s1. The Morgan fingerprint density at radius 3 is 1.85 bits per heavy atom. The number of aromatic amines is 1. The van der Waals surface area contributed by atoms with Crippen molar-refractivity contribution in [2.24, 2.45) is 40.1 Å². The quantitative estimate of drug-likeness (QED) is 0.0235. The van der Waals surface area contributed by atoms with Gasteiger partial charge in [0.2, 0.25) is 100 Å². The normalized spacial score (nSPS) is 19.3. The zero-order valence-corrected chi connectivity index (χ0v) is 62.7. The highest BCUT2D eigenvalue weighted by atomic mass is 32.2. The number of hydrogen-bond acceptors (Lipinski definition) is 23. The number of fused-ring (bicyclic) bond motifs is 1. The van der Waals surface area contributed by atoms with Crippen LogP contribution in [0.4, 0.5) is 0 Å². The first-order chi connectivity index (χ1) is 52.1. The van der Waals surface area contributed by atoms with Crippen LogP contribution in [0.25, 0.3) is 10.9 Å². The predicted octanol–water partition coefficient (Wildman–Crippen LogP) is -8.05. The molecule has 3 aromatic rings. The number of hydrogen-bond donors (Lipinski definition) is 22. The summed E-state index contributed by atoms with van der Waals surface area (Å²) in [5.74, 6) is -16.9. The average Bonchev–Trinajstić information content (AvgIpc) is 1.45. The highest BCUT2D eigenvalue weighted by molar-refractivity contribution is 7.99. The number of H-pyrrole nitrogens is 1. The maximum absolute atomic E-state index is 15.2. The smallest absolute Gasteiger partial charge is 0.246 e. The lowest BCUT2D eigenvalue weighted by molar-refractivity contribution is -0.138. The third-order valence-electron chi connectivity index (χ3n) is 17.3. The number of nitrogens with two attached hydrogens (primary N) is 7. The van der Waals surface area contributed by atoms with E-state index in [1.54, 1.807) is 42.6 Å². The molecule has 0 bridgehead atoms. The number of primary amides is 4. The molecule has 17 amide bonds. The van der Waals surface area contributed by atoms with Gasteiger partial charge in [0.1, 0.15) is 78.3 Å². The van der Waals surface area contributed by atoms with Crippen molar-refractivity contribution in [3.05, 3.63) is 65.9 Å². The van der Waals surface area contributed by atoms with Gasteiger partial charge in [-0.15, -0.1) is 0 Å². The highest BCUT2D eigenvalue weighted by Gasteiger charge is 2.41. The zero-order valence-electron chi connectivity index (χ0n) is 61.8. The summed E-state index contributed by atoms with van der Waals surface area (Å²) < 4.78 is 5.65. The molecule has 0 radical (unpaired) electrons. The van der Waals surface area contributed by atoms with E-state index in [1.165, 1.54) is 26.0 Å². The minimum Gasteiger partial charge on any atom is -0.492 e. The Morgan fingerprint density at radius 1 is 0.627 bits per heavy atom. The van der Waals surface area contributed by atoms with Crippen LogP contribution < -0.4 is 114 Å². The molecule has 1 aliphatic heterocycles. The lowest BCUT2D eigenvalue weighted by atomic mass is 9.92. The third-order valence-corrected chi connectivity index (χ3v) is 18.3. The minimum atomic E-state index is -1.98. The summed E-state index contributed by atoms with van der Waals surface area (Å²) in [6.07, 6.45) is -3.36. The maximum atomic E-state index is 15.2. The number of aromatic nitrogens is 1. The van der Waals surface area contributed by atoms with Crippen molar-refractivity contribution >= 4 is 123 Å². The first-order valence-electron chi connectivity index (χ1n) is 35.7. The number of para-hydroxylation sites is 1. The van der Waals surface area contributed by atoms with Gasteiger partial charge in [0.15, 0.2) is 0 Å². The highest BCUT2D eigenvalue weighted by Crippen LogP contribution is 2.22. The first kappa shape index (κ1) is 91.3. The van der Waals surface area contributed by atoms with E-state index >= 15 is 9.59 Å². The Morgan fingerprint density at radius 2 is 1.25 bits per heavy atom. The van der Waals surface area contributed by atoms with Crippen molar-refractivity contribution < 1.29 is 91.4 Å². The van der Waals surface area contributed by atoms with E-state index < -0.39 is 218 Å². The monoisotopic (exact) mass is 1560 g/mol. The van der Waals surface area contributed by atoms with Gasteiger partial charge in [-0.25, -0.2) is 0 Å². The van der Waals surface area contributed by atoms with Crippen LogP contribution in [-0.4, -0.2) is 233 Å². The lowest BCUT2D eigenvalue weighted by Crippen LogP contribution is -2.65. The summed E-state index contributed by atoms with van der Waals surface area (Å²) in [6.45, 7) is 4.02. The molecule has 29 N–H and O–H groups in total. The molecule has 1 fully saturated rings. The van der Waals surface area contributed by atoms with E-state index in [2.05, 4.69) is 74.1 Å². The molecule has 2 heterocycles. The zero-order chi connectivity index (χ0) is 81.8. The number of ether oxygens (including phenoxy) is 1. The van der Waals surface area contributed by atoms with Gasteiger partial charge in [-0.1, -0.05) is 30.3 Å². The first-order valence-corrected chi connectivity index (χ1v) is 36.8. The Hall–Kier alpha value is -11.0. The number of unbranched alkanes of at least 4 members (excludes halogenated alkanes) is 2. The molecule has 1 saturated heterocycles. The average molecular weight is 1560 g/mol. The second-order valence-corrected chi connectivity index (χ2v) is 27.6. The number of nitrogens with one attached hydrogen (secondary N) is 14. The lowest BCUT2D eigenvalue weighted by Gasteiger charge is -2.33. The molecule has 0 unspecified atom stereocenters. The number of benzene rings is 2. The van der Waals surface area contributed by atoms with Gasteiger partial charge in [-0.2, -0.15) is 11.8 Å². The van der Waals surface area contributed by atoms with Crippen LogP contribution in [0.3, 0.4) is 0 Å². The fourth-order valence-electron chi connectivity index (χ4n) is 11.3. The Bertz CT molecular complexity index is 3730. The molecular formula is C69H105N21O19S. The number of carbonyl (C=O) groups is 17. The van der Waals surface area contributed by atoms with Crippen molar-refractivity contribution in [3.63, 3.8) is 0 Å². The van der Waals surface area contributed by atoms with Gasteiger partial charge in [0.05, 0.1) is 19.1 Å². The number of carbonyl (C=O) groups excluding carboxylic acids is 17. The molecule has 1 aromatic heterocycles. The van der Waals surface area contributed by atoms with E-state index in [-0.39, 0.29) is 89.3 Å². The van der Waals surface area contributed by atoms with Crippen molar-refractivity contribution in [1.82, 2.24) is 74.1 Å². The summed E-state index contributed by atoms with van der Waals surface area (Å²) in [7, 11) is 0. The van der Waals surface area contributed by atoms with Crippen LogP contribution in [0.2, 0.25) is 0 Å². The molecule has 110 heavy (non-hydrogen) atoms. The summed E-state index contributed by atoms with van der Waals surface area (Å²) in [4.78, 5) is 235. The van der Waals surface area contributed by atoms with E-state index in [0.29, 0.717) is 34.2 Å². The fraction of sp³-hybridized carbons (Fsp3) is 0.551. The molecule has 40 nitrogen and oxygen atoms in total. The second-order valence-electron chi connectivity index (χ2n) is 26.5. The molecule has 0 aliphatic carbocycles. The topological polar surface area (TPSA) is 674 Å². The van der Waals surface area contributed by atoms with Crippen LogP contribution in [0.5, 0.6) is 5.75 Å². The fourth-order valence-corrected chi connectivity index (χ4v) is 12.4. The van der Waals surface area contributed by atoms with Crippen LogP contribution in [0.1, 0.15) is 116 Å². The minimum absolute atomic E-state index is 0.122. The SMILES string of the molecule is CC(=O)NCCCC[C@H](NC(=O)[C@](C)(CCCCN)NC(=O)[C@H](CN)NC(=O)[C@H](Cc1ccc(OCCN)cc1)NC(=O)[C@@H]1CSCC[C@H](NC(C)=O)C(=O)N[C@@H](CCC(N)=O)C(=O)N[C@@H]([C@@H](C)O)C(=O)N[C@@H](Cc2c[nH]c3ccccc23)C(=O)N[C@@H](CCC(N)=O)C(=O)N1)C(=O)N[C@@H](CC(N)=O)C(=O)NCC(N)=O. The van der Waals surface area contributed by atoms with E-state index in [4.69, 9.17) is 44.9 Å². The van der Waals surface area contributed by atoms with E-state index in [1.807, 2.05) is 0 Å². The molecule has 41 heteroatoms. The molecule has 1 aliphatic rings. The predicted molar refractivity (Wildman–Crippen MR) is 399 cm³/mol. The molecule has 4 rings (SSSR count). The maximum Gasteiger partial charge on any atom is 0.246 e. The molecular weight excluding hydrogens is 1460 g/mol. The molecule has 0 spiro atoms. The summed E-state index contributed by atoms with van der Waals surface area (Å²) in [5.41, 5.74) is 38.8. The number of amides is 17. The van der Waals surface area contributed by atoms with Gasteiger partial charge in [-0.05, 0) is 113 Å². The third kappa shape index (κ3) is 31.6. The Kier molecular flexibility index (Phi) is 38.5. The van der Waals surface area contributed by atoms with Gasteiger partial charge < -0.3 is 124 Å². The van der Waals surface area contributed by atoms with Gasteiger partial charge in [0.25, 0.3) is 0 Å². The van der Waals surface area contributed by atoms with Crippen LogP contribution >= 0.6 is 11.8 Å². The van der Waals surface area contributed by atoms with Crippen LogP contribution in [0, 0.1) is 0 Å². The van der Waals surface area contributed by atoms with Crippen molar-refractivity contribution in [2.45, 2.75) is 190 Å². The summed E-state index contributed by atoms with van der Waals surface area (Å²) >= 11 is 0.914. The largest absolute Gasteiger partial charge is 0.492 e. The van der Waals surface area contributed by atoms with Crippen molar-refractivity contribution in [1.29, 1.82) is 0 Å². The second kappa shape index (κ2) is 46.3. The Balaban J connectivity index is 1.84. The number of aliphatic hydroxyl groups excluding tert-OH is 1. The number of rotatable bonds is 40. The van der Waals surface area contributed by atoms with E-state index in [9.17, 15) is 77.0 Å². The van der Waals surface area contributed by atoms with E-state index in [0.717, 1.165) is 25.6 Å².